The predicted octanol–water partition coefficient (Wildman–Crippen LogP) is 9.27. The van der Waals surface area contributed by atoms with Crippen molar-refractivity contribution in [2.45, 2.75) is 136 Å². The van der Waals surface area contributed by atoms with Crippen molar-refractivity contribution in [1.29, 1.82) is 0 Å². The van der Waals surface area contributed by atoms with E-state index < -0.39 is 35.3 Å². The van der Waals surface area contributed by atoms with Crippen LogP contribution in [0.15, 0.2) is 71.9 Å². The minimum absolute atomic E-state index is 0.0118. The summed E-state index contributed by atoms with van der Waals surface area (Å²) in [7, 11) is -6.02. The van der Waals surface area contributed by atoms with E-state index in [2.05, 4.69) is 71.6 Å². The molecule has 3 aromatic carbocycles. The molecule has 2 atom stereocenters. The first-order valence-electron chi connectivity index (χ1n) is 20.5. The van der Waals surface area contributed by atoms with Crippen LogP contribution in [-0.2, 0) is 37.9 Å². The van der Waals surface area contributed by atoms with Gasteiger partial charge in [-0.2, -0.15) is 4.31 Å². The maximum atomic E-state index is 14.7. The van der Waals surface area contributed by atoms with Gasteiger partial charge in [-0.25, -0.2) is 23.1 Å². The fourth-order valence-electron chi connectivity index (χ4n) is 7.71. The Morgan fingerprint density at radius 1 is 0.983 bits per heavy atom. The molecule has 6 rings (SSSR count). The molecule has 316 valence electrons. The van der Waals surface area contributed by atoms with E-state index in [0.29, 0.717) is 30.2 Å². The zero-order chi connectivity index (χ0) is 43.3. The third-order valence-corrected chi connectivity index (χ3v) is 18.8. The molecule has 0 unspecified atom stereocenters. The predicted molar refractivity (Wildman–Crippen MR) is 235 cm³/mol. The van der Waals surface area contributed by atoms with Crippen LogP contribution < -0.4 is 10.1 Å². The third kappa shape index (κ3) is 8.59. The molecule has 59 heavy (non-hydrogen) atoms. The first-order valence-corrected chi connectivity index (χ1v) is 24.9. The van der Waals surface area contributed by atoms with Gasteiger partial charge >= 0.3 is 0 Å². The second-order valence-electron chi connectivity index (χ2n) is 18.4. The Bertz CT molecular complexity index is 2460. The average molecular weight is 840 g/mol. The number of hydrogen-bond donors (Lipinski definition) is 1. The number of aromatic nitrogens is 5. The first-order chi connectivity index (χ1) is 27.5. The van der Waals surface area contributed by atoms with Gasteiger partial charge in [0.05, 0.1) is 35.6 Å². The fraction of sp³-hybridized carbons (Fsp3) is 0.489. The number of carbonyl (C=O) groups is 1. The van der Waals surface area contributed by atoms with Crippen LogP contribution in [0.2, 0.25) is 18.1 Å². The molecule has 1 aliphatic rings. The van der Waals surface area contributed by atoms with E-state index in [1.807, 2.05) is 78.3 Å². The molecule has 1 N–H and O–H groups in total. The van der Waals surface area contributed by atoms with Gasteiger partial charge in [-0.3, -0.25) is 4.79 Å². The average Bonchev–Trinajstić information content (AvgIpc) is 3.55. The highest BCUT2D eigenvalue weighted by Gasteiger charge is 2.44. The van der Waals surface area contributed by atoms with Gasteiger partial charge in [-0.15, -0.1) is 5.10 Å². The van der Waals surface area contributed by atoms with Crippen molar-refractivity contribution in [2.24, 2.45) is 5.41 Å². The van der Waals surface area contributed by atoms with Crippen LogP contribution in [0.25, 0.3) is 11.0 Å². The number of para-hydroxylation sites is 1. The van der Waals surface area contributed by atoms with Gasteiger partial charge < -0.3 is 14.5 Å². The third-order valence-electron chi connectivity index (χ3n) is 12.3. The van der Waals surface area contributed by atoms with Crippen molar-refractivity contribution < 1.29 is 22.4 Å². The molecule has 0 bridgehead atoms. The molecule has 0 saturated carbocycles. The number of hydrogen-bond acceptors (Lipinski definition) is 9. The SMILES string of the molecule is CC[C@@H]1CN(Cc2cc([C@@H](c3ccc4c(nnn4CC)c3C)C(C)(C)C(=O)Nc3cnc(C(C)(C)O[Si](C)(C)C(C)(C)C)nc3)ccc2C)S(=O)(=O)c2ccccc2O1. The van der Waals surface area contributed by atoms with E-state index >= 15 is 0 Å². The number of carbonyl (C=O) groups excluding carboxylic acids is 1. The summed E-state index contributed by atoms with van der Waals surface area (Å²) in [5.74, 6) is 0.196. The summed E-state index contributed by atoms with van der Waals surface area (Å²) in [5, 5.41) is 12.1. The molecule has 3 heterocycles. The quantitative estimate of drug-likeness (QED) is 0.122. The Kier molecular flexibility index (Phi) is 12.1. The van der Waals surface area contributed by atoms with E-state index in [1.54, 1.807) is 36.7 Å². The van der Waals surface area contributed by atoms with Crippen LogP contribution in [0, 0.1) is 19.3 Å². The molecule has 1 amide bonds. The molecule has 0 saturated heterocycles. The Labute approximate surface area is 351 Å². The van der Waals surface area contributed by atoms with E-state index in [4.69, 9.17) is 9.16 Å². The van der Waals surface area contributed by atoms with Gasteiger partial charge in [0.25, 0.3) is 0 Å². The molecule has 5 aromatic rings. The van der Waals surface area contributed by atoms with Gasteiger partial charge in [0.2, 0.25) is 15.9 Å². The lowest BCUT2D eigenvalue weighted by molar-refractivity contribution is -0.124. The van der Waals surface area contributed by atoms with Crippen LogP contribution in [0.1, 0.15) is 108 Å². The normalized spacial score (nSPS) is 16.9. The molecule has 1 aliphatic heterocycles. The van der Waals surface area contributed by atoms with E-state index in [0.717, 1.165) is 38.9 Å². The number of ether oxygens (including phenoxy) is 1. The molecule has 12 nitrogen and oxygen atoms in total. The number of anilines is 1. The summed E-state index contributed by atoms with van der Waals surface area (Å²) in [6.07, 6.45) is 3.61. The number of sulfonamides is 1. The van der Waals surface area contributed by atoms with Crippen LogP contribution in [0.3, 0.4) is 0 Å². The maximum absolute atomic E-state index is 14.7. The fourth-order valence-corrected chi connectivity index (χ4v) is 11.0. The van der Waals surface area contributed by atoms with Crippen molar-refractivity contribution in [1.82, 2.24) is 29.3 Å². The number of nitrogens with zero attached hydrogens (tertiary/aromatic N) is 6. The molecule has 0 aliphatic carbocycles. The van der Waals surface area contributed by atoms with Crippen molar-refractivity contribution in [2.75, 3.05) is 11.9 Å². The zero-order valence-corrected chi connectivity index (χ0v) is 38.8. The molecule has 0 spiro atoms. The standard InChI is InChI=1S/C45H61N7O5SSi/c1-14-34-28-51(58(54,55)38-19-17-16-18-37(38)56-34)27-32-24-31(21-20-29(32)3)39(35-22-23-36-40(30(35)4)49-50-52(36)15-2)44(8,9)42(53)48-33-25-46-41(47-26-33)45(10,11)57-59(12,13)43(5,6)7/h16-26,34,39H,14-15,27-28H2,1-13H3,(H,48,53)/t34-,39+/m1/s1. The summed E-state index contributed by atoms with van der Waals surface area (Å²) < 4.78 is 44.7. The van der Waals surface area contributed by atoms with Gasteiger partial charge in [0, 0.05) is 19.0 Å². The van der Waals surface area contributed by atoms with Crippen LogP contribution in [-0.4, -0.2) is 64.6 Å². The molecule has 2 aromatic heterocycles. The summed E-state index contributed by atoms with van der Waals surface area (Å²) in [5.41, 5.74) is 4.85. The second-order valence-corrected chi connectivity index (χ2v) is 25.0. The molecular weight excluding hydrogens is 779 g/mol. The highest BCUT2D eigenvalue weighted by atomic mass is 32.2. The highest BCUT2D eigenvalue weighted by molar-refractivity contribution is 7.89. The second kappa shape index (κ2) is 16.2. The molecular formula is C45H61N7O5SSi. The number of amides is 1. The summed E-state index contributed by atoms with van der Waals surface area (Å²) in [6, 6.07) is 17.0. The maximum Gasteiger partial charge on any atom is 0.247 e. The molecule has 0 fully saturated rings. The highest BCUT2D eigenvalue weighted by Crippen LogP contribution is 2.45. The Morgan fingerprint density at radius 3 is 2.31 bits per heavy atom. The topological polar surface area (TPSA) is 141 Å². The lowest BCUT2D eigenvalue weighted by Gasteiger charge is -2.42. The van der Waals surface area contributed by atoms with Gasteiger partial charge in [0.1, 0.15) is 27.9 Å². The van der Waals surface area contributed by atoms with Crippen LogP contribution in [0.4, 0.5) is 5.69 Å². The monoisotopic (exact) mass is 839 g/mol. The number of nitrogens with one attached hydrogen (secondary N) is 1. The summed E-state index contributed by atoms with van der Waals surface area (Å²) in [4.78, 5) is 24.2. The summed E-state index contributed by atoms with van der Waals surface area (Å²) >= 11 is 0. The minimum atomic E-state index is -3.89. The van der Waals surface area contributed by atoms with E-state index in [9.17, 15) is 13.2 Å². The van der Waals surface area contributed by atoms with Crippen molar-refractivity contribution in [3.8, 4) is 5.75 Å². The van der Waals surface area contributed by atoms with Crippen LogP contribution >= 0.6 is 0 Å². The Morgan fingerprint density at radius 2 is 1.66 bits per heavy atom. The minimum Gasteiger partial charge on any atom is -0.488 e. The summed E-state index contributed by atoms with van der Waals surface area (Å²) in [6.45, 7) is 27.9. The lowest BCUT2D eigenvalue weighted by atomic mass is 9.69. The Balaban J connectivity index is 1.38. The van der Waals surface area contributed by atoms with Gasteiger partial charge in [0.15, 0.2) is 14.1 Å². The number of fused-ring (bicyclic) bond motifs is 2. The number of rotatable bonds is 12. The van der Waals surface area contributed by atoms with E-state index in [1.165, 1.54) is 4.31 Å². The zero-order valence-electron chi connectivity index (χ0n) is 37.0. The van der Waals surface area contributed by atoms with E-state index in [-0.39, 0.29) is 35.0 Å². The first kappa shape index (κ1) is 44.1. The number of aryl methyl sites for hydroxylation is 3. The molecule has 0 radical (unpaired) electrons. The van der Waals surface area contributed by atoms with Gasteiger partial charge in [-0.05, 0) is 105 Å². The largest absolute Gasteiger partial charge is 0.488 e. The van der Waals surface area contributed by atoms with Crippen molar-refractivity contribution in [3.63, 3.8) is 0 Å². The van der Waals surface area contributed by atoms with Gasteiger partial charge in [-0.1, -0.05) is 83.2 Å². The van der Waals surface area contributed by atoms with Crippen LogP contribution in [0.5, 0.6) is 5.75 Å². The molecule has 14 heteroatoms. The van der Waals surface area contributed by atoms with Crippen molar-refractivity contribution in [3.05, 3.63) is 101 Å². The Hall–Kier alpha value is -4.50. The lowest BCUT2D eigenvalue weighted by Crippen LogP contribution is -2.46. The smallest absolute Gasteiger partial charge is 0.247 e. The number of benzene rings is 3. The van der Waals surface area contributed by atoms with Crippen molar-refractivity contribution >= 4 is 41.0 Å².